The van der Waals surface area contributed by atoms with E-state index >= 15 is 0 Å². The van der Waals surface area contributed by atoms with Crippen LogP contribution < -0.4 is 0 Å². The molecule has 19 heavy (non-hydrogen) atoms. The highest BCUT2D eigenvalue weighted by atomic mass is 35.7. The SMILES string of the molecule is COCCOC(=O)c1cc(S(=O)(=O)Cl)cc(C)c1C. The van der Waals surface area contributed by atoms with Crippen molar-refractivity contribution in [2.75, 3.05) is 20.3 Å². The number of hydrogen-bond acceptors (Lipinski definition) is 5. The van der Waals surface area contributed by atoms with Crippen molar-refractivity contribution in [3.63, 3.8) is 0 Å². The number of esters is 1. The summed E-state index contributed by atoms with van der Waals surface area (Å²) in [6.07, 6.45) is 0. The smallest absolute Gasteiger partial charge is 0.338 e. The minimum atomic E-state index is -3.88. The van der Waals surface area contributed by atoms with Crippen LogP contribution >= 0.6 is 10.7 Å². The number of rotatable bonds is 5. The molecule has 0 radical (unpaired) electrons. The molecule has 0 saturated carbocycles. The van der Waals surface area contributed by atoms with Gasteiger partial charge >= 0.3 is 5.97 Å². The van der Waals surface area contributed by atoms with Crippen LogP contribution in [0.3, 0.4) is 0 Å². The molecule has 0 N–H and O–H groups in total. The molecule has 0 saturated heterocycles. The van der Waals surface area contributed by atoms with Gasteiger partial charge in [0.1, 0.15) is 6.61 Å². The largest absolute Gasteiger partial charge is 0.460 e. The Morgan fingerprint density at radius 3 is 2.42 bits per heavy atom. The lowest BCUT2D eigenvalue weighted by molar-refractivity contribution is 0.0387. The Hall–Kier alpha value is -1.11. The maximum Gasteiger partial charge on any atom is 0.338 e. The molecule has 0 amide bonds. The van der Waals surface area contributed by atoms with E-state index in [4.69, 9.17) is 20.2 Å². The van der Waals surface area contributed by atoms with E-state index in [2.05, 4.69) is 0 Å². The van der Waals surface area contributed by atoms with E-state index in [-0.39, 0.29) is 23.7 Å². The second kappa shape index (κ2) is 6.36. The van der Waals surface area contributed by atoms with Crippen LogP contribution in [0.5, 0.6) is 0 Å². The lowest BCUT2D eigenvalue weighted by atomic mass is 10.0. The standard InChI is InChI=1S/C12H15ClO5S/c1-8-6-10(19(13,15)16)7-11(9(8)2)12(14)18-5-4-17-3/h6-7H,4-5H2,1-3H3. The first-order valence-electron chi connectivity index (χ1n) is 5.49. The Balaban J connectivity index is 3.13. The van der Waals surface area contributed by atoms with Crippen LogP contribution in [0.15, 0.2) is 17.0 Å². The highest BCUT2D eigenvalue weighted by Crippen LogP contribution is 2.23. The predicted octanol–water partition coefficient (Wildman–Crippen LogP) is 2.03. The minimum absolute atomic E-state index is 0.103. The number of aryl methyl sites for hydroxylation is 1. The highest BCUT2D eigenvalue weighted by Gasteiger charge is 2.18. The van der Waals surface area contributed by atoms with Gasteiger partial charge in [0.15, 0.2) is 0 Å². The van der Waals surface area contributed by atoms with Crippen LogP contribution in [0.25, 0.3) is 0 Å². The van der Waals surface area contributed by atoms with E-state index in [1.807, 2.05) is 0 Å². The Labute approximate surface area is 116 Å². The third-order valence-corrected chi connectivity index (χ3v) is 4.00. The van der Waals surface area contributed by atoms with E-state index in [0.717, 1.165) is 0 Å². The summed E-state index contributed by atoms with van der Waals surface area (Å²) in [5, 5.41) is 0. The van der Waals surface area contributed by atoms with Crippen molar-refractivity contribution in [2.45, 2.75) is 18.7 Å². The number of ether oxygens (including phenoxy) is 2. The van der Waals surface area contributed by atoms with Gasteiger partial charge in [0.25, 0.3) is 9.05 Å². The van der Waals surface area contributed by atoms with E-state index < -0.39 is 15.0 Å². The normalized spacial score (nSPS) is 11.4. The zero-order valence-electron chi connectivity index (χ0n) is 10.9. The fourth-order valence-corrected chi connectivity index (χ4v) is 2.32. The zero-order chi connectivity index (χ0) is 14.6. The molecule has 106 valence electrons. The summed E-state index contributed by atoms with van der Waals surface area (Å²) in [6, 6.07) is 2.64. The van der Waals surface area contributed by atoms with Crippen molar-refractivity contribution in [1.82, 2.24) is 0 Å². The molecule has 0 aromatic heterocycles. The first kappa shape index (κ1) is 15.9. The predicted molar refractivity (Wildman–Crippen MR) is 71.1 cm³/mol. The minimum Gasteiger partial charge on any atom is -0.460 e. The summed E-state index contributed by atoms with van der Waals surface area (Å²) in [6.45, 7) is 3.79. The Morgan fingerprint density at radius 2 is 1.89 bits per heavy atom. The molecule has 0 spiro atoms. The summed E-state index contributed by atoms with van der Waals surface area (Å²) in [4.78, 5) is 11.7. The molecule has 0 fully saturated rings. The molecule has 5 nitrogen and oxygen atoms in total. The lowest BCUT2D eigenvalue weighted by Gasteiger charge is -2.10. The van der Waals surface area contributed by atoms with Crippen LogP contribution in [0.4, 0.5) is 0 Å². The summed E-state index contributed by atoms with van der Waals surface area (Å²) in [7, 11) is 2.89. The average molecular weight is 307 g/mol. The van der Waals surface area contributed by atoms with Crippen LogP contribution in [-0.2, 0) is 18.5 Å². The second-order valence-electron chi connectivity index (χ2n) is 3.98. The molecule has 1 rings (SSSR count). The van der Waals surface area contributed by atoms with Gasteiger partial charge in [-0.3, -0.25) is 0 Å². The molecular formula is C12H15ClO5S. The van der Waals surface area contributed by atoms with Crippen molar-refractivity contribution in [3.05, 3.63) is 28.8 Å². The summed E-state index contributed by atoms with van der Waals surface area (Å²) in [5.74, 6) is -0.597. The number of benzene rings is 1. The van der Waals surface area contributed by atoms with Gasteiger partial charge in [-0.15, -0.1) is 0 Å². The zero-order valence-corrected chi connectivity index (χ0v) is 12.5. The Bertz CT molecular complexity index is 580. The van der Waals surface area contributed by atoms with Gasteiger partial charge < -0.3 is 9.47 Å². The van der Waals surface area contributed by atoms with E-state index in [1.165, 1.54) is 19.2 Å². The molecule has 0 aliphatic rings. The van der Waals surface area contributed by atoms with E-state index in [9.17, 15) is 13.2 Å². The first-order chi connectivity index (χ1) is 8.77. The molecule has 0 aliphatic carbocycles. The summed E-state index contributed by atoms with van der Waals surface area (Å²) in [5.41, 5.74) is 1.50. The van der Waals surface area contributed by atoms with Crippen molar-refractivity contribution < 1.29 is 22.7 Å². The monoisotopic (exact) mass is 306 g/mol. The lowest BCUT2D eigenvalue weighted by Crippen LogP contribution is -2.12. The van der Waals surface area contributed by atoms with E-state index in [1.54, 1.807) is 13.8 Å². The average Bonchev–Trinajstić information content (AvgIpc) is 2.31. The van der Waals surface area contributed by atoms with Crippen molar-refractivity contribution in [1.29, 1.82) is 0 Å². The third kappa shape index (κ3) is 4.19. The van der Waals surface area contributed by atoms with Crippen molar-refractivity contribution in [3.8, 4) is 0 Å². The third-order valence-electron chi connectivity index (χ3n) is 2.66. The van der Waals surface area contributed by atoms with Gasteiger partial charge in [-0.1, -0.05) is 0 Å². The van der Waals surface area contributed by atoms with Gasteiger partial charge in [-0.25, -0.2) is 13.2 Å². The molecule has 7 heteroatoms. The van der Waals surface area contributed by atoms with Crippen LogP contribution in [0.1, 0.15) is 21.5 Å². The molecule has 0 atom stereocenters. The van der Waals surface area contributed by atoms with Gasteiger partial charge in [0.05, 0.1) is 17.1 Å². The molecule has 1 aromatic carbocycles. The Morgan fingerprint density at radius 1 is 1.26 bits per heavy atom. The molecule has 0 aliphatic heterocycles. The highest BCUT2D eigenvalue weighted by molar-refractivity contribution is 8.13. The van der Waals surface area contributed by atoms with Gasteiger partial charge in [-0.05, 0) is 37.1 Å². The number of halogens is 1. The number of hydrogen-bond donors (Lipinski definition) is 0. The summed E-state index contributed by atoms with van der Waals surface area (Å²) >= 11 is 0. The van der Waals surface area contributed by atoms with Crippen molar-refractivity contribution >= 4 is 25.7 Å². The Kier molecular flexibility index (Phi) is 5.34. The van der Waals surface area contributed by atoms with Crippen molar-refractivity contribution in [2.24, 2.45) is 0 Å². The molecule has 1 aromatic rings. The first-order valence-corrected chi connectivity index (χ1v) is 7.80. The van der Waals surface area contributed by atoms with Gasteiger partial charge in [0, 0.05) is 17.8 Å². The number of carbonyl (C=O) groups excluding carboxylic acids is 1. The van der Waals surface area contributed by atoms with E-state index in [0.29, 0.717) is 11.1 Å². The number of methoxy groups -OCH3 is 1. The maximum absolute atomic E-state index is 11.9. The second-order valence-corrected chi connectivity index (χ2v) is 6.55. The van der Waals surface area contributed by atoms with Gasteiger partial charge in [0.2, 0.25) is 0 Å². The number of carbonyl (C=O) groups is 1. The van der Waals surface area contributed by atoms with Gasteiger partial charge in [-0.2, -0.15) is 0 Å². The molecule has 0 unspecified atom stereocenters. The molecular weight excluding hydrogens is 292 g/mol. The quantitative estimate of drug-likeness (QED) is 0.473. The summed E-state index contributed by atoms with van der Waals surface area (Å²) < 4.78 is 32.4. The van der Waals surface area contributed by atoms with Crippen LogP contribution in [0, 0.1) is 13.8 Å². The molecule has 0 bridgehead atoms. The fourth-order valence-electron chi connectivity index (χ4n) is 1.47. The van der Waals surface area contributed by atoms with Crippen LogP contribution in [-0.4, -0.2) is 34.7 Å². The van der Waals surface area contributed by atoms with Crippen LogP contribution in [0.2, 0.25) is 0 Å². The topological polar surface area (TPSA) is 69.7 Å². The fraction of sp³-hybridized carbons (Fsp3) is 0.417. The molecule has 0 heterocycles. The maximum atomic E-state index is 11.9.